The lowest BCUT2D eigenvalue weighted by atomic mass is 10.1. The Balaban J connectivity index is 0.000000515. The smallest absolute Gasteiger partial charge is 0.417 e. The van der Waals surface area contributed by atoms with Crippen LogP contribution in [-0.2, 0) is 33.4 Å². The summed E-state index contributed by atoms with van der Waals surface area (Å²) in [5, 5.41) is 0. The second-order valence-corrected chi connectivity index (χ2v) is 3.86. The van der Waals surface area contributed by atoms with Crippen LogP contribution in [-0.4, -0.2) is 50.8 Å². The van der Waals surface area contributed by atoms with Crippen molar-refractivity contribution in [2.24, 2.45) is 0 Å². The van der Waals surface area contributed by atoms with Crippen molar-refractivity contribution in [2.45, 2.75) is 6.42 Å². The van der Waals surface area contributed by atoms with E-state index in [0.29, 0.717) is 5.56 Å². The molecule has 1 aromatic rings. The number of rotatable bonds is 4. The van der Waals surface area contributed by atoms with Crippen molar-refractivity contribution in [1.82, 2.24) is 0 Å². The van der Waals surface area contributed by atoms with E-state index >= 15 is 0 Å². The predicted octanol–water partition coefficient (Wildman–Crippen LogP) is 0.334. The lowest BCUT2D eigenvalue weighted by Gasteiger charge is -1.98. The number of ether oxygens (including phenoxy) is 3. The van der Waals surface area contributed by atoms with Crippen molar-refractivity contribution in [3.05, 3.63) is 35.9 Å². The summed E-state index contributed by atoms with van der Waals surface area (Å²) in [6.07, 6.45) is -0.448. The van der Waals surface area contributed by atoms with Gasteiger partial charge in [-0.1, -0.05) is 30.3 Å². The number of hydrogen-bond acceptors (Lipinski definition) is 8. The van der Waals surface area contributed by atoms with Crippen LogP contribution in [0.5, 0.6) is 0 Å². The van der Waals surface area contributed by atoms with E-state index in [-0.39, 0.29) is 5.78 Å². The number of carbonyl (C=O) groups excluding carboxylic acids is 5. The van der Waals surface area contributed by atoms with Gasteiger partial charge in [0, 0.05) is 5.56 Å². The molecule has 0 aliphatic heterocycles. The fourth-order valence-electron chi connectivity index (χ4n) is 1.22. The molecule has 0 aliphatic rings. The van der Waals surface area contributed by atoms with Crippen molar-refractivity contribution in [3.63, 3.8) is 0 Å². The third-order valence-corrected chi connectivity index (χ3v) is 2.37. The number of hydrogen-bond donors (Lipinski definition) is 0. The zero-order valence-electron chi connectivity index (χ0n) is 12.9. The zero-order valence-corrected chi connectivity index (χ0v) is 12.9. The third kappa shape index (κ3) is 7.51. The summed E-state index contributed by atoms with van der Waals surface area (Å²) in [7, 11) is 3.33. The highest BCUT2D eigenvalue weighted by Crippen LogP contribution is 2.03. The summed E-state index contributed by atoms with van der Waals surface area (Å²) < 4.78 is 12.2. The van der Waals surface area contributed by atoms with E-state index in [1.54, 1.807) is 30.3 Å². The molecule has 23 heavy (non-hydrogen) atoms. The molecule has 0 heterocycles. The Labute approximate surface area is 132 Å². The first-order chi connectivity index (χ1) is 10.9. The van der Waals surface area contributed by atoms with Crippen LogP contribution in [0.1, 0.15) is 16.8 Å². The molecule has 0 bridgehead atoms. The molecule has 0 aliphatic carbocycles. The van der Waals surface area contributed by atoms with Crippen LogP contribution >= 0.6 is 0 Å². The molecule has 8 nitrogen and oxygen atoms in total. The van der Waals surface area contributed by atoms with Crippen LogP contribution in [0.4, 0.5) is 0 Å². The highest BCUT2D eigenvalue weighted by atomic mass is 16.6. The first-order valence-corrected chi connectivity index (χ1v) is 6.23. The SMILES string of the molecule is COC(=O)C(=O)CC(=O)c1ccccc1.COC(=O)C(=O)OC. The molecular weight excluding hydrogens is 308 g/mol. The monoisotopic (exact) mass is 324 g/mol. The van der Waals surface area contributed by atoms with E-state index in [0.717, 1.165) is 21.3 Å². The lowest BCUT2D eigenvalue weighted by Crippen LogP contribution is -2.19. The predicted molar refractivity (Wildman–Crippen MR) is 76.4 cm³/mol. The molecule has 0 fully saturated rings. The summed E-state index contributed by atoms with van der Waals surface area (Å²) >= 11 is 0. The largest absolute Gasteiger partial charge is 0.463 e. The molecule has 0 amide bonds. The van der Waals surface area contributed by atoms with Gasteiger partial charge in [-0.15, -0.1) is 0 Å². The minimum Gasteiger partial charge on any atom is -0.463 e. The van der Waals surface area contributed by atoms with Gasteiger partial charge in [-0.05, 0) is 0 Å². The van der Waals surface area contributed by atoms with Gasteiger partial charge in [0.05, 0.1) is 27.8 Å². The van der Waals surface area contributed by atoms with Crippen molar-refractivity contribution in [2.75, 3.05) is 21.3 Å². The Bertz CT molecular complexity index is 562. The van der Waals surface area contributed by atoms with Gasteiger partial charge in [-0.3, -0.25) is 9.59 Å². The van der Waals surface area contributed by atoms with Crippen LogP contribution in [0.2, 0.25) is 0 Å². The molecule has 0 atom stereocenters. The van der Waals surface area contributed by atoms with E-state index in [2.05, 4.69) is 14.2 Å². The van der Waals surface area contributed by atoms with Crippen molar-refractivity contribution < 1.29 is 38.2 Å². The van der Waals surface area contributed by atoms with Crippen LogP contribution in [0.25, 0.3) is 0 Å². The maximum Gasteiger partial charge on any atom is 0.417 e. The Morgan fingerprint density at radius 1 is 0.739 bits per heavy atom. The fraction of sp³-hybridized carbons (Fsp3) is 0.267. The van der Waals surface area contributed by atoms with Crippen molar-refractivity contribution in [1.29, 1.82) is 0 Å². The number of carbonyl (C=O) groups is 5. The molecule has 124 valence electrons. The van der Waals surface area contributed by atoms with Gasteiger partial charge in [0.15, 0.2) is 5.78 Å². The van der Waals surface area contributed by atoms with Crippen LogP contribution in [0.15, 0.2) is 30.3 Å². The Morgan fingerprint density at radius 3 is 1.57 bits per heavy atom. The van der Waals surface area contributed by atoms with E-state index in [1.165, 1.54) is 0 Å². The summed E-state index contributed by atoms with van der Waals surface area (Å²) in [6.45, 7) is 0. The van der Waals surface area contributed by atoms with Crippen LogP contribution in [0, 0.1) is 0 Å². The fourth-order valence-corrected chi connectivity index (χ4v) is 1.22. The Hall–Kier alpha value is -3.03. The standard InChI is InChI=1S/C11H10O4.C4H6O4/c1-15-11(14)10(13)7-9(12)8-5-3-2-4-6-8;1-7-3(5)4(6)8-2/h2-6H,7H2,1H3;1-2H3. The zero-order chi connectivity index (χ0) is 17.8. The van der Waals surface area contributed by atoms with Crippen LogP contribution in [0.3, 0.4) is 0 Å². The van der Waals surface area contributed by atoms with Crippen molar-refractivity contribution >= 4 is 29.5 Å². The average molecular weight is 324 g/mol. The van der Waals surface area contributed by atoms with E-state index in [9.17, 15) is 24.0 Å². The van der Waals surface area contributed by atoms with Gasteiger partial charge < -0.3 is 14.2 Å². The third-order valence-electron chi connectivity index (χ3n) is 2.37. The highest BCUT2D eigenvalue weighted by molar-refractivity contribution is 6.38. The van der Waals surface area contributed by atoms with E-state index in [4.69, 9.17) is 0 Å². The van der Waals surface area contributed by atoms with Gasteiger partial charge in [0.1, 0.15) is 0 Å². The molecule has 0 spiro atoms. The number of Topliss-reactive ketones (excluding diaryl/α,β-unsaturated/α-hetero) is 2. The van der Waals surface area contributed by atoms with Crippen molar-refractivity contribution in [3.8, 4) is 0 Å². The topological polar surface area (TPSA) is 113 Å². The highest BCUT2D eigenvalue weighted by Gasteiger charge is 2.18. The second-order valence-electron chi connectivity index (χ2n) is 3.86. The van der Waals surface area contributed by atoms with Gasteiger partial charge in [0.2, 0.25) is 5.78 Å². The van der Waals surface area contributed by atoms with Gasteiger partial charge >= 0.3 is 17.9 Å². The Kier molecular flexibility index (Phi) is 9.26. The molecule has 0 unspecified atom stereocenters. The summed E-state index contributed by atoms with van der Waals surface area (Å²) in [5.41, 5.74) is 0.412. The number of methoxy groups -OCH3 is 3. The van der Waals surface area contributed by atoms with E-state index < -0.39 is 30.1 Å². The molecule has 1 rings (SSSR count). The molecule has 8 heteroatoms. The lowest BCUT2D eigenvalue weighted by molar-refractivity contribution is -0.164. The number of esters is 3. The van der Waals surface area contributed by atoms with E-state index in [1.807, 2.05) is 0 Å². The molecule has 0 aromatic heterocycles. The molecule has 0 saturated heterocycles. The van der Waals surface area contributed by atoms with Gasteiger partial charge in [0.25, 0.3) is 0 Å². The van der Waals surface area contributed by atoms with Crippen LogP contribution < -0.4 is 0 Å². The second kappa shape index (κ2) is 10.7. The molecule has 0 saturated carbocycles. The maximum absolute atomic E-state index is 11.4. The summed E-state index contributed by atoms with van der Waals surface area (Å²) in [5.74, 6) is -4.16. The molecule has 0 radical (unpaired) electrons. The first-order valence-electron chi connectivity index (χ1n) is 6.23. The minimum atomic E-state index is -0.987. The molecular formula is C15H16O8. The first kappa shape index (κ1) is 20.0. The average Bonchev–Trinajstić information content (AvgIpc) is 2.60. The maximum atomic E-state index is 11.4. The minimum absolute atomic E-state index is 0.383. The molecule has 0 N–H and O–H groups in total. The molecule has 1 aromatic carbocycles. The summed E-state index contributed by atoms with van der Waals surface area (Å²) in [4.78, 5) is 53.4. The summed E-state index contributed by atoms with van der Waals surface area (Å²) in [6, 6.07) is 8.32. The van der Waals surface area contributed by atoms with Gasteiger partial charge in [-0.2, -0.15) is 0 Å². The normalized spacial score (nSPS) is 8.83. The number of ketones is 2. The number of benzene rings is 1. The van der Waals surface area contributed by atoms with Gasteiger partial charge in [-0.25, -0.2) is 14.4 Å². The Morgan fingerprint density at radius 2 is 1.17 bits per heavy atom. The quantitative estimate of drug-likeness (QED) is 0.256.